The summed E-state index contributed by atoms with van der Waals surface area (Å²) in [6.45, 7) is 9.80. The maximum Gasteiger partial charge on any atom is 0.228 e. The minimum Gasteiger partial charge on any atom is -0.381 e. The van der Waals surface area contributed by atoms with E-state index in [-0.39, 0.29) is 17.7 Å². The molecule has 0 N–H and O–H groups in total. The predicted octanol–water partition coefficient (Wildman–Crippen LogP) is 3.44. The first-order valence-corrected chi connectivity index (χ1v) is 10.3. The van der Waals surface area contributed by atoms with Crippen LogP contribution < -0.4 is 4.90 Å². The topological polar surface area (TPSA) is 49.9 Å². The standard InChI is InChI=1S/C22H32N2O3/c1-4-16(3)19-8-6-7-9-20(19)24-14-18(12-21(24)25)22(26)23(5-2)13-17-10-11-27-15-17/h6-9,16-18H,4-5,10-15H2,1-3H3. The van der Waals surface area contributed by atoms with Gasteiger partial charge >= 0.3 is 0 Å². The number of para-hydroxylation sites is 1. The second kappa shape index (κ2) is 8.87. The van der Waals surface area contributed by atoms with E-state index < -0.39 is 0 Å². The molecule has 2 aliphatic heterocycles. The van der Waals surface area contributed by atoms with Crippen LogP contribution in [0.4, 0.5) is 5.69 Å². The molecule has 1 aromatic carbocycles. The van der Waals surface area contributed by atoms with Gasteiger partial charge in [0.1, 0.15) is 0 Å². The van der Waals surface area contributed by atoms with Crippen LogP contribution in [0.2, 0.25) is 0 Å². The van der Waals surface area contributed by atoms with Gasteiger partial charge in [-0.05, 0) is 37.3 Å². The summed E-state index contributed by atoms with van der Waals surface area (Å²) in [6.07, 6.45) is 2.35. The van der Waals surface area contributed by atoms with Crippen LogP contribution >= 0.6 is 0 Å². The highest BCUT2D eigenvalue weighted by Gasteiger charge is 2.38. The molecule has 148 valence electrons. The number of amides is 2. The second-order valence-corrected chi connectivity index (χ2v) is 7.88. The molecule has 1 aromatic rings. The molecule has 3 rings (SSSR count). The van der Waals surface area contributed by atoms with Crippen LogP contribution in [0.15, 0.2) is 24.3 Å². The van der Waals surface area contributed by atoms with E-state index >= 15 is 0 Å². The number of carbonyl (C=O) groups excluding carboxylic acids is 2. The molecule has 5 nitrogen and oxygen atoms in total. The van der Waals surface area contributed by atoms with E-state index in [1.165, 1.54) is 5.56 Å². The third kappa shape index (κ3) is 4.34. The number of rotatable bonds is 7. The minimum absolute atomic E-state index is 0.0596. The van der Waals surface area contributed by atoms with Gasteiger partial charge in [0.25, 0.3) is 0 Å². The summed E-state index contributed by atoms with van der Waals surface area (Å²) < 4.78 is 5.45. The number of hydrogen-bond acceptors (Lipinski definition) is 3. The Labute approximate surface area is 162 Å². The summed E-state index contributed by atoms with van der Waals surface area (Å²) in [6, 6.07) is 8.11. The van der Waals surface area contributed by atoms with Crippen molar-refractivity contribution in [1.82, 2.24) is 4.90 Å². The molecule has 2 saturated heterocycles. The van der Waals surface area contributed by atoms with Crippen molar-refractivity contribution < 1.29 is 14.3 Å². The summed E-state index contributed by atoms with van der Waals surface area (Å²) in [5, 5.41) is 0. The molecule has 2 heterocycles. The smallest absolute Gasteiger partial charge is 0.228 e. The molecule has 2 amide bonds. The Kier molecular flexibility index (Phi) is 6.53. The van der Waals surface area contributed by atoms with Crippen molar-refractivity contribution in [2.75, 3.05) is 37.7 Å². The Bertz CT molecular complexity index is 669. The Balaban J connectivity index is 1.72. The molecule has 0 aromatic heterocycles. The molecule has 0 radical (unpaired) electrons. The minimum atomic E-state index is -0.246. The zero-order chi connectivity index (χ0) is 19.4. The summed E-state index contributed by atoms with van der Waals surface area (Å²) in [5.41, 5.74) is 2.16. The first-order valence-electron chi connectivity index (χ1n) is 10.3. The van der Waals surface area contributed by atoms with E-state index in [0.717, 1.165) is 38.3 Å². The zero-order valence-electron chi connectivity index (χ0n) is 16.8. The Morgan fingerprint density at radius 2 is 2.11 bits per heavy atom. The highest BCUT2D eigenvalue weighted by Crippen LogP contribution is 2.34. The van der Waals surface area contributed by atoms with Gasteiger partial charge in [-0.15, -0.1) is 0 Å². The third-order valence-corrected chi connectivity index (χ3v) is 6.04. The first kappa shape index (κ1) is 19.9. The van der Waals surface area contributed by atoms with E-state index in [1.807, 2.05) is 34.9 Å². The maximum absolute atomic E-state index is 13.1. The van der Waals surface area contributed by atoms with E-state index in [4.69, 9.17) is 4.74 Å². The monoisotopic (exact) mass is 372 g/mol. The van der Waals surface area contributed by atoms with Gasteiger partial charge in [-0.25, -0.2) is 0 Å². The van der Waals surface area contributed by atoms with Gasteiger partial charge in [0, 0.05) is 44.3 Å². The number of ether oxygens (including phenoxy) is 1. The molecule has 3 unspecified atom stereocenters. The molecule has 0 spiro atoms. The normalized spacial score (nSPS) is 23.7. The van der Waals surface area contributed by atoms with Gasteiger partial charge in [-0.1, -0.05) is 32.0 Å². The van der Waals surface area contributed by atoms with Crippen molar-refractivity contribution in [3.05, 3.63) is 29.8 Å². The summed E-state index contributed by atoms with van der Waals surface area (Å²) in [7, 11) is 0. The molecule has 2 fully saturated rings. The van der Waals surface area contributed by atoms with E-state index in [1.54, 1.807) is 0 Å². The van der Waals surface area contributed by atoms with Crippen molar-refractivity contribution in [2.24, 2.45) is 11.8 Å². The Morgan fingerprint density at radius 3 is 2.78 bits per heavy atom. The molecular weight excluding hydrogens is 340 g/mol. The van der Waals surface area contributed by atoms with Gasteiger partial charge in [0.05, 0.1) is 12.5 Å². The van der Waals surface area contributed by atoms with E-state index in [0.29, 0.717) is 31.3 Å². The molecule has 5 heteroatoms. The average Bonchev–Trinajstić information content (AvgIpc) is 3.34. The van der Waals surface area contributed by atoms with Crippen molar-refractivity contribution in [3.8, 4) is 0 Å². The number of nitrogens with zero attached hydrogens (tertiary/aromatic N) is 2. The molecule has 0 aliphatic carbocycles. The molecule has 2 aliphatic rings. The largest absolute Gasteiger partial charge is 0.381 e. The van der Waals surface area contributed by atoms with Gasteiger partial charge in [0.2, 0.25) is 11.8 Å². The van der Waals surface area contributed by atoms with Crippen LogP contribution in [-0.2, 0) is 14.3 Å². The quantitative estimate of drug-likeness (QED) is 0.737. The van der Waals surface area contributed by atoms with Gasteiger partial charge < -0.3 is 14.5 Å². The zero-order valence-corrected chi connectivity index (χ0v) is 16.8. The van der Waals surface area contributed by atoms with Gasteiger partial charge in [-0.3, -0.25) is 9.59 Å². The summed E-state index contributed by atoms with van der Waals surface area (Å²) in [4.78, 5) is 29.6. The molecular formula is C22H32N2O3. The van der Waals surface area contributed by atoms with Crippen molar-refractivity contribution >= 4 is 17.5 Å². The lowest BCUT2D eigenvalue weighted by Crippen LogP contribution is -2.40. The van der Waals surface area contributed by atoms with Gasteiger partial charge in [0.15, 0.2) is 0 Å². The summed E-state index contributed by atoms with van der Waals surface area (Å²) in [5.74, 6) is 0.738. The molecule has 0 saturated carbocycles. The van der Waals surface area contributed by atoms with E-state index in [2.05, 4.69) is 19.9 Å². The highest BCUT2D eigenvalue weighted by molar-refractivity contribution is 6.00. The van der Waals surface area contributed by atoms with Crippen LogP contribution in [0.5, 0.6) is 0 Å². The maximum atomic E-state index is 13.1. The Morgan fingerprint density at radius 1 is 1.33 bits per heavy atom. The lowest BCUT2D eigenvalue weighted by molar-refractivity contribution is -0.136. The Hall–Kier alpha value is -1.88. The van der Waals surface area contributed by atoms with Crippen LogP contribution in [0.25, 0.3) is 0 Å². The summed E-state index contributed by atoms with van der Waals surface area (Å²) >= 11 is 0. The van der Waals surface area contributed by atoms with Crippen LogP contribution in [0, 0.1) is 11.8 Å². The fourth-order valence-corrected chi connectivity index (χ4v) is 4.15. The first-order chi connectivity index (χ1) is 13.0. The van der Waals surface area contributed by atoms with Crippen molar-refractivity contribution in [3.63, 3.8) is 0 Å². The third-order valence-electron chi connectivity index (χ3n) is 6.04. The molecule has 3 atom stereocenters. The van der Waals surface area contributed by atoms with Crippen LogP contribution in [0.1, 0.15) is 51.5 Å². The highest BCUT2D eigenvalue weighted by atomic mass is 16.5. The fourth-order valence-electron chi connectivity index (χ4n) is 4.15. The lowest BCUT2D eigenvalue weighted by Gasteiger charge is -2.27. The number of hydrogen-bond donors (Lipinski definition) is 0. The number of anilines is 1. The predicted molar refractivity (Wildman–Crippen MR) is 107 cm³/mol. The SMILES string of the molecule is CCC(C)c1ccccc1N1CC(C(=O)N(CC)CC2CCOC2)CC1=O. The second-order valence-electron chi connectivity index (χ2n) is 7.88. The van der Waals surface area contributed by atoms with Crippen LogP contribution in [-0.4, -0.2) is 49.6 Å². The van der Waals surface area contributed by atoms with Crippen LogP contribution in [0.3, 0.4) is 0 Å². The average molecular weight is 373 g/mol. The molecule has 27 heavy (non-hydrogen) atoms. The number of benzene rings is 1. The van der Waals surface area contributed by atoms with Crippen molar-refractivity contribution in [2.45, 2.75) is 46.0 Å². The number of carbonyl (C=O) groups is 2. The lowest BCUT2D eigenvalue weighted by atomic mass is 9.96. The van der Waals surface area contributed by atoms with Crippen molar-refractivity contribution in [1.29, 1.82) is 0 Å². The fraction of sp³-hybridized carbons (Fsp3) is 0.636. The molecule has 0 bridgehead atoms. The van der Waals surface area contributed by atoms with Gasteiger partial charge in [-0.2, -0.15) is 0 Å². The van der Waals surface area contributed by atoms with E-state index in [9.17, 15) is 9.59 Å².